The number of halogens is 1. The van der Waals surface area contributed by atoms with Crippen LogP contribution in [-0.2, 0) is 4.74 Å². The van der Waals surface area contributed by atoms with E-state index in [1.807, 2.05) is 12.1 Å². The van der Waals surface area contributed by atoms with Gasteiger partial charge in [-0.05, 0) is 37.1 Å². The van der Waals surface area contributed by atoms with E-state index < -0.39 is 0 Å². The van der Waals surface area contributed by atoms with E-state index in [0.29, 0.717) is 13.2 Å². The third kappa shape index (κ3) is 5.58. The Morgan fingerprint density at radius 2 is 2.00 bits per heavy atom. The van der Waals surface area contributed by atoms with Gasteiger partial charge in [-0.2, -0.15) is 0 Å². The summed E-state index contributed by atoms with van der Waals surface area (Å²) in [7, 11) is 0. The van der Waals surface area contributed by atoms with E-state index in [9.17, 15) is 4.39 Å². The molecule has 1 aromatic rings. The summed E-state index contributed by atoms with van der Waals surface area (Å²) in [6, 6.07) is 6.87. The summed E-state index contributed by atoms with van der Waals surface area (Å²) in [5.74, 6) is -0.203. The molecule has 1 atom stereocenters. The second-order valence-corrected chi connectivity index (χ2v) is 4.16. The lowest BCUT2D eigenvalue weighted by Gasteiger charge is -2.17. The van der Waals surface area contributed by atoms with Gasteiger partial charge in [-0.15, -0.1) is 0 Å². The standard InChI is InChI=1S/C14H22FNO2/c1-2-14(12-4-6-13(15)7-5-12)16-8-3-10-18-11-9-17/h4-7,14,16-17H,2-3,8-11H2,1H3. The number of hydrogen-bond acceptors (Lipinski definition) is 3. The second kappa shape index (κ2) is 9.03. The molecule has 0 saturated carbocycles. The predicted octanol–water partition coefficient (Wildman–Crippen LogP) is 2.27. The number of nitrogens with one attached hydrogen (secondary N) is 1. The highest BCUT2D eigenvalue weighted by Crippen LogP contribution is 2.16. The van der Waals surface area contributed by atoms with Gasteiger partial charge in [0.2, 0.25) is 0 Å². The van der Waals surface area contributed by atoms with Crippen LogP contribution in [0.3, 0.4) is 0 Å². The lowest BCUT2D eigenvalue weighted by molar-refractivity contribution is 0.0903. The highest BCUT2D eigenvalue weighted by atomic mass is 19.1. The summed E-state index contributed by atoms with van der Waals surface area (Å²) in [4.78, 5) is 0. The summed E-state index contributed by atoms with van der Waals surface area (Å²) in [5.41, 5.74) is 1.11. The largest absolute Gasteiger partial charge is 0.394 e. The minimum Gasteiger partial charge on any atom is -0.394 e. The number of benzene rings is 1. The maximum atomic E-state index is 12.8. The molecule has 102 valence electrons. The maximum absolute atomic E-state index is 12.8. The van der Waals surface area contributed by atoms with Crippen molar-refractivity contribution in [1.29, 1.82) is 0 Å². The monoisotopic (exact) mass is 255 g/mol. The molecular weight excluding hydrogens is 233 g/mol. The Bertz CT molecular complexity index is 316. The first-order valence-electron chi connectivity index (χ1n) is 6.45. The van der Waals surface area contributed by atoms with Crippen LogP contribution in [0.1, 0.15) is 31.4 Å². The number of rotatable bonds is 9. The molecule has 0 aromatic heterocycles. The number of aliphatic hydroxyl groups excluding tert-OH is 1. The van der Waals surface area contributed by atoms with Crippen LogP contribution in [0.2, 0.25) is 0 Å². The van der Waals surface area contributed by atoms with Gasteiger partial charge in [-0.3, -0.25) is 0 Å². The zero-order chi connectivity index (χ0) is 13.2. The third-order valence-corrected chi connectivity index (χ3v) is 2.77. The molecule has 0 spiro atoms. The van der Waals surface area contributed by atoms with Gasteiger partial charge in [0.05, 0.1) is 13.2 Å². The molecule has 0 heterocycles. The summed E-state index contributed by atoms with van der Waals surface area (Å²) >= 11 is 0. The van der Waals surface area contributed by atoms with E-state index in [0.717, 1.165) is 24.9 Å². The van der Waals surface area contributed by atoms with Crippen molar-refractivity contribution >= 4 is 0 Å². The Morgan fingerprint density at radius 1 is 1.28 bits per heavy atom. The molecule has 0 aliphatic carbocycles. The van der Waals surface area contributed by atoms with Gasteiger partial charge in [0.1, 0.15) is 5.82 Å². The van der Waals surface area contributed by atoms with Gasteiger partial charge in [-0.1, -0.05) is 19.1 Å². The van der Waals surface area contributed by atoms with Crippen molar-refractivity contribution < 1.29 is 14.2 Å². The number of ether oxygens (including phenoxy) is 1. The molecular formula is C14H22FNO2. The van der Waals surface area contributed by atoms with E-state index in [2.05, 4.69) is 12.2 Å². The van der Waals surface area contributed by atoms with Crippen LogP contribution in [-0.4, -0.2) is 31.5 Å². The Labute approximate surface area is 108 Å². The van der Waals surface area contributed by atoms with Crippen LogP contribution >= 0.6 is 0 Å². The summed E-state index contributed by atoms with van der Waals surface area (Å²) in [5, 5.41) is 12.0. The molecule has 1 rings (SSSR count). The molecule has 2 N–H and O–H groups in total. The molecule has 0 aliphatic rings. The fourth-order valence-electron chi connectivity index (χ4n) is 1.81. The lowest BCUT2D eigenvalue weighted by Crippen LogP contribution is -2.23. The van der Waals surface area contributed by atoms with Crippen LogP contribution in [0, 0.1) is 5.82 Å². The average molecular weight is 255 g/mol. The average Bonchev–Trinajstić information content (AvgIpc) is 2.39. The van der Waals surface area contributed by atoms with Crippen molar-refractivity contribution in [2.24, 2.45) is 0 Å². The molecule has 3 nitrogen and oxygen atoms in total. The van der Waals surface area contributed by atoms with Crippen LogP contribution in [0.4, 0.5) is 4.39 Å². The second-order valence-electron chi connectivity index (χ2n) is 4.16. The number of hydrogen-bond donors (Lipinski definition) is 2. The van der Waals surface area contributed by atoms with E-state index >= 15 is 0 Å². The van der Waals surface area contributed by atoms with Crippen molar-refractivity contribution in [2.45, 2.75) is 25.8 Å². The number of aliphatic hydroxyl groups is 1. The lowest BCUT2D eigenvalue weighted by atomic mass is 10.0. The van der Waals surface area contributed by atoms with Crippen molar-refractivity contribution in [2.75, 3.05) is 26.4 Å². The molecule has 0 bridgehead atoms. The van der Waals surface area contributed by atoms with Crippen LogP contribution < -0.4 is 5.32 Å². The topological polar surface area (TPSA) is 41.5 Å². The molecule has 0 saturated heterocycles. The van der Waals surface area contributed by atoms with E-state index in [4.69, 9.17) is 9.84 Å². The van der Waals surface area contributed by atoms with Crippen molar-refractivity contribution in [3.8, 4) is 0 Å². The first-order valence-corrected chi connectivity index (χ1v) is 6.45. The molecule has 0 amide bonds. The van der Waals surface area contributed by atoms with Crippen LogP contribution in [0.25, 0.3) is 0 Å². The minimum atomic E-state index is -0.203. The molecule has 0 fully saturated rings. The zero-order valence-corrected chi connectivity index (χ0v) is 10.9. The minimum absolute atomic E-state index is 0.0700. The SMILES string of the molecule is CCC(NCCCOCCO)c1ccc(F)cc1. The van der Waals surface area contributed by atoms with Gasteiger partial charge in [0.15, 0.2) is 0 Å². The summed E-state index contributed by atoms with van der Waals surface area (Å²) in [6.45, 7) is 4.06. The zero-order valence-electron chi connectivity index (χ0n) is 10.9. The van der Waals surface area contributed by atoms with Crippen molar-refractivity contribution in [1.82, 2.24) is 5.32 Å². The van der Waals surface area contributed by atoms with Crippen LogP contribution in [0.5, 0.6) is 0 Å². The molecule has 0 radical (unpaired) electrons. The van der Waals surface area contributed by atoms with Gasteiger partial charge in [0, 0.05) is 12.6 Å². The van der Waals surface area contributed by atoms with Crippen LogP contribution in [0.15, 0.2) is 24.3 Å². The fourth-order valence-corrected chi connectivity index (χ4v) is 1.81. The Balaban J connectivity index is 2.27. The fraction of sp³-hybridized carbons (Fsp3) is 0.571. The third-order valence-electron chi connectivity index (χ3n) is 2.77. The van der Waals surface area contributed by atoms with Gasteiger partial charge in [-0.25, -0.2) is 4.39 Å². The highest BCUT2D eigenvalue weighted by Gasteiger charge is 2.07. The molecule has 0 aliphatic heterocycles. The summed E-state index contributed by atoms with van der Waals surface area (Å²) < 4.78 is 18.0. The Morgan fingerprint density at radius 3 is 2.61 bits per heavy atom. The Kier molecular flexibility index (Phi) is 7.57. The maximum Gasteiger partial charge on any atom is 0.123 e. The quantitative estimate of drug-likeness (QED) is 0.665. The van der Waals surface area contributed by atoms with E-state index in [-0.39, 0.29) is 18.5 Å². The smallest absolute Gasteiger partial charge is 0.123 e. The Hall–Kier alpha value is -0.970. The van der Waals surface area contributed by atoms with Crippen molar-refractivity contribution in [3.05, 3.63) is 35.6 Å². The first-order chi connectivity index (χ1) is 8.77. The normalized spacial score (nSPS) is 12.6. The van der Waals surface area contributed by atoms with Gasteiger partial charge in [0.25, 0.3) is 0 Å². The predicted molar refractivity (Wildman–Crippen MR) is 70.0 cm³/mol. The van der Waals surface area contributed by atoms with Crippen molar-refractivity contribution in [3.63, 3.8) is 0 Å². The molecule has 1 unspecified atom stereocenters. The van der Waals surface area contributed by atoms with Gasteiger partial charge >= 0.3 is 0 Å². The first kappa shape index (κ1) is 15.1. The molecule has 18 heavy (non-hydrogen) atoms. The van der Waals surface area contributed by atoms with E-state index in [1.165, 1.54) is 12.1 Å². The van der Waals surface area contributed by atoms with E-state index in [1.54, 1.807) is 0 Å². The molecule has 1 aromatic carbocycles. The summed E-state index contributed by atoms with van der Waals surface area (Å²) in [6.07, 6.45) is 1.86. The molecule has 4 heteroatoms. The highest BCUT2D eigenvalue weighted by molar-refractivity contribution is 5.19. The van der Waals surface area contributed by atoms with Gasteiger partial charge < -0.3 is 15.2 Å².